The van der Waals surface area contributed by atoms with E-state index in [2.05, 4.69) is 4.98 Å². The molecule has 1 saturated heterocycles. The van der Waals surface area contributed by atoms with Gasteiger partial charge in [0.1, 0.15) is 16.2 Å². The van der Waals surface area contributed by atoms with E-state index >= 15 is 0 Å². The van der Waals surface area contributed by atoms with E-state index < -0.39 is 22.0 Å². The van der Waals surface area contributed by atoms with Crippen molar-refractivity contribution in [3.8, 4) is 0 Å². The van der Waals surface area contributed by atoms with Crippen LogP contribution in [0.3, 0.4) is 0 Å². The average Bonchev–Trinajstić information content (AvgIpc) is 3.32. The van der Waals surface area contributed by atoms with E-state index in [4.69, 9.17) is 32.7 Å². The number of benzene rings is 2. The van der Waals surface area contributed by atoms with Crippen molar-refractivity contribution in [1.29, 1.82) is 0 Å². The number of rotatable bonds is 5. The Kier molecular flexibility index (Phi) is 5.89. The van der Waals surface area contributed by atoms with Gasteiger partial charge < -0.3 is 18.6 Å². The standard InChI is InChI=1S/C21H20Cl2N2O5S/c1-13-3-6-19(31(26,27)28)14(2)20(13)18-10-29-21(30-18,11-25-8-7-24-12-25)16-5-4-15(22)9-17(16)23/h3-9,12,18H,10-11H2,1-2H3,(H,26,27,28)/p-1/t18-,21+/m0/s1. The summed E-state index contributed by atoms with van der Waals surface area (Å²) in [4.78, 5) is 3.80. The van der Waals surface area contributed by atoms with Gasteiger partial charge in [0.15, 0.2) is 0 Å². The maximum absolute atomic E-state index is 11.7. The van der Waals surface area contributed by atoms with E-state index in [0.717, 1.165) is 5.56 Å². The third kappa shape index (κ3) is 4.24. The molecule has 1 fully saturated rings. The molecule has 4 rings (SSSR count). The molecule has 0 aliphatic carbocycles. The van der Waals surface area contributed by atoms with Gasteiger partial charge in [0.2, 0.25) is 5.79 Å². The van der Waals surface area contributed by atoms with Crippen LogP contribution in [0.2, 0.25) is 10.0 Å². The van der Waals surface area contributed by atoms with Crippen LogP contribution >= 0.6 is 23.2 Å². The van der Waals surface area contributed by atoms with Gasteiger partial charge in [-0.25, -0.2) is 13.4 Å². The smallest absolute Gasteiger partial charge is 0.215 e. The lowest BCUT2D eigenvalue weighted by atomic mass is 9.98. The Balaban J connectivity index is 1.80. The van der Waals surface area contributed by atoms with Gasteiger partial charge >= 0.3 is 0 Å². The summed E-state index contributed by atoms with van der Waals surface area (Å²) in [6.07, 6.45) is 4.43. The van der Waals surface area contributed by atoms with E-state index in [1.807, 2.05) is 6.92 Å². The van der Waals surface area contributed by atoms with Gasteiger partial charge in [-0.15, -0.1) is 0 Å². The molecule has 0 radical (unpaired) electrons. The molecule has 0 unspecified atom stereocenters. The highest BCUT2D eigenvalue weighted by Gasteiger charge is 2.46. The van der Waals surface area contributed by atoms with Gasteiger partial charge in [-0.3, -0.25) is 0 Å². The van der Waals surface area contributed by atoms with E-state index in [-0.39, 0.29) is 18.0 Å². The summed E-state index contributed by atoms with van der Waals surface area (Å²) in [5.74, 6) is -1.27. The van der Waals surface area contributed by atoms with Gasteiger partial charge in [0.25, 0.3) is 0 Å². The van der Waals surface area contributed by atoms with E-state index in [1.54, 1.807) is 54.5 Å². The molecule has 2 heterocycles. The van der Waals surface area contributed by atoms with Crippen LogP contribution in [0.5, 0.6) is 0 Å². The summed E-state index contributed by atoms with van der Waals surface area (Å²) in [5.41, 5.74) is 2.33. The Bertz CT molecular complexity index is 1230. The maximum Gasteiger partial charge on any atom is 0.215 e. The predicted octanol–water partition coefficient (Wildman–Crippen LogP) is 4.35. The van der Waals surface area contributed by atoms with Crippen molar-refractivity contribution < 1.29 is 22.4 Å². The molecule has 0 spiro atoms. The molecule has 31 heavy (non-hydrogen) atoms. The monoisotopic (exact) mass is 481 g/mol. The van der Waals surface area contributed by atoms with Crippen LogP contribution in [0.4, 0.5) is 0 Å². The summed E-state index contributed by atoms with van der Waals surface area (Å²) in [5, 5.41) is 0.846. The summed E-state index contributed by atoms with van der Waals surface area (Å²) in [7, 11) is -4.63. The summed E-state index contributed by atoms with van der Waals surface area (Å²) >= 11 is 12.6. The zero-order valence-corrected chi connectivity index (χ0v) is 19.0. The fourth-order valence-corrected chi connectivity index (χ4v) is 5.26. The van der Waals surface area contributed by atoms with Crippen molar-refractivity contribution in [2.75, 3.05) is 6.61 Å². The topological polar surface area (TPSA) is 93.5 Å². The van der Waals surface area contributed by atoms with Crippen LogP contribution in [-0.2, 0) is 31.9 Å². The predicted molar refractivity (Wildman–Crippen MR) is 114 cm³/mol. The second-order valence-electron chi connectivity index (χ2n) is 7.40. The lowest BCUT2D eigenvalue weighted by Crippen LogP contribution is -2.33. The van der Waals surface area contributed by atoms with Crippen molar-refractivity contribution in [3.05, 3.63) is 81.4 Å². The molecule has 164 valence electrons. The molecular weight excluding hydrogens is 463 g/mol. The molecule has 7 nitrogen and oxygen atoms in total. The number of nitrogens with zero attached hydrogens (tertiary/aromatic N) is 2. The van der Waals surface area contributed by atoms with Gasteiger partial charge in [-0.2, -0.15) is 0 Å². The molecule has 10 heteroatoms. The Hall–Kier alpha value is -1.94. The number of aryl methyl sites for hydroxylation is 1. The third-order valence-corrected chi connectivity index (χ3v) is 6.90. The van der Waals surface area contributed by atoms with Crippen molar-refractivity contribution in [3.63, 3.8) is 0 Å². The summed E-state index contributed by atoms with van der Waals surface area (Å²) < 4.78 is 49.5. The first kappa shape index (κ1) is 22.3. The highest BCUT2D eigenvalue weighted by Crippen LogP contribution is 2.46. The Morgan fingerprint density at radius 2 is 2.03 bits per heavy atom. The number of aromatic nitrogens is 2. The SMILES string of the molecule is Cc1ccc(S(=O)(=O)[O-])c(C)c1[C@@H]1CO[C@@](Cn2ccnc2)(c2ccc(Cl)cc2Cl)O1. The molecule has 0 N–H and O–H groups in total. The van der Waals surface area contributed by atoms with Crippen LogP contribution in [0.1, 0.15) is 28.4 Å². The lowest BCUT2D eigenvalue weighted by molar-refractivity contribution is -0.187. The van der Waals surface area contributed by atoms with E-state index in [0.29, 0.717) is 26.7 Å². The van der Waals surface area contributed by atoms with Crippen molar-refractivity contribution in [2.45, 2.75) is 37.2 Å². The molecule has 0 amide bonds. The van der Waals surface area contributed by atoms with E-state index in [9.17, 15) is 13.0 Å². The number of hydrogen-bond acceptors (Lipinski definition) is 6. The summed E-state index contributed by atoms with van der Waals surface area (Å²) in [6, 6.07) is 7.96. The number of imidazole rings is 1. The molecular formula is C21H19Cl2N2O5S-. The molecule has 2 aromatic carbocycles. The fourth-order valence-electron chi connectivity index (χ4n) is 3.99. The normalized spacial score (nSPS) is 21.5. The molecule has 2 atom stereocenters. The van der Waals surface area contributed by atoms with Crippen LogP contribution < -0.4 is 0 Å². The van der Waals surface area contributed by atoms with Crippen molar-refractivity contribution in [2.24, 2.45) is 0 Å². The number of ether oxygens (including phenoxy) is 2. The zero-order chi connectivity index (χ0) is 22.4. The first-order chi connectivity index (χ1) is 14.6. The first-order valence-electron chi connectivity index (χ1n) is 9.40. The van der Waals surface area contributed by atoms with Crippen LogP contribution in [0, 0.1) is 13.8 Å². The Labute approximate surface area is 190 Å². The minimum atomic E-state index is -4.63. The quantitative estimate of drug-likeness (QED) is 0.502. The second kappa shape index (κ2) is 8.20. The Morgan fingerprint density at radius 3 is 2.68 bits per heavy atom. The lowest BCUT2D eigenvalue weighted by Gasteiger charge is -2.30. The first-order valence-corrected chi connectivity index (χ1v) is 11.6. The highest BCUT2D eigenvalue weighted by molar-refractivity contribution is 7.85. The largest absolute Gasteiger partial charge is 0.744 e. The summed E-state index contributed by atoms with van der Waals surface area (Å²) in [6.45, 7) is 3.82. The van der Waals surface area contributed by atoms with Crippen molar-refractivity contribution in [1.82, 2.24) is 9.55 Å². The highest BCUT2D eigenvalue weighted by atomic mass is 35.5. The minimum absolute atomic E-state index is 0.137. The zero-order valence-electron chi connectivity index (χ0n) is 16.7. The second-order valence-corrected chi connectivity index (χ2v) is 9.59. The molecule has 3 aromatic rings. The number of hydrogen-bond donors (Lipinski definition) is 0. The third-order valence-electron chi connectivity index (χ3n) is 5.37. The minimum Gasteiger partial charge on any atom is -0.744 e. The van der Waals surface area contributed by atoms with Gasteiger partial charge in [0, 0.05) is 23.0 Å². The van der Waals surface area contributed by atoms with Gasteiger partial charge in [0.05, 0.1) is 29.4 Å². The molecule has 0 bridgehead atoms. The van der Waals surface area contributed by atoms with Gasteiger partial charge in [-0.05, 0) is 48.7 Å². The maximum atomic E-state index is 11.7. The van der Waals surface area contributed by atoms with Crippen LogP contribution in [-0.4, -0.2) is 29.1 Å². The average molecular weight is 482 g/mol. The van der Waals surface area contributed by atoms with Crippen LogP contribution in [0.15, 0.2) is 53.9 Å². The fraction of sp³-hybridized carbons (Fsp3) is 0.286. The van der Waals surface area contributed by atoms with E-state index in [1.165, 1.54) is 6.07 Å². The van der Waals surface area contributed by atoms with Gasteiger partial charge in [-0.1, -0.05) is 35.3 Å². The molecule has 1 aromatic heterocycles. The number of halogens is 2. The molecule has 1 aliphatic heterocycles. The molecule has 0 saturated carbocycles. The van der Waals surface area contributed by atoms with Crippen LogP contribution in [0.25, 0.3) is 0 Å². The van der Waals surface area contributed by atoms with Crippen molar-refractivity contribution >= 4 is 33.3 Å². The molecule has 1 aliphatic rings. The Morgan fingerprint density at radius 1 is 1.26 bits per heavy atom.